The molecule has 7 nitrogen and oxygen atoms in total. The summed E-state index contributed by atoms with van der Waals surface area (Å²) in [4.78, 5) is 23.0. The van der Waals surface area contributed by atoms with Crippen molar-refractivity contribution in [2.75, 3.05) is 18.9 Å². The van der Waals surface area contributed by atoms with Crippen LogP contribution in [0.3, 0.4) is 0 Å². The SMILES string of the molecule is NC(=O)C1CO[SH]=C(CNC(=O)C(N)CS)N1. The summed E-state index contributed by atoms with van der Waals surface area (Å²) in [5.74, 6) is -0.520. The number of hydrogen-bond donors (Lipinski definition) is 6. The Labute approximate surface area is 108 Å². The van der Waals surface area contributed by atoms with E-state index in [2.05, 4.69) is 23.3 Å². The van der Waals surface area contributed by atoms with Gasteiger partial charge in [-0.3, -0.25) is 14.9 Å². The van der Waals surface area contributed by atoms with Crippen LogP contribution in [0.15, 0.2) is 0 Å². The van der Waals surface area contributed by atoms with Crippen molar-refractivity contribution in [3.8, 4) is 0 Å². The highest BCUT2D eigenvalue weighted by molar-refractivity contribution is 7.94. The first-order chi connectivity index (χ1) is 8.04. The molecular weight excluding hydrogens is 264 g/mol. The zero-order valence-corrected chi connectivity index (χ0v) is 10.8. The second-order valence-corrected chi connectivity index (χ2v) is 4.79. The molecule has 0 spiro atoms. The Morgan fingerprint density at radius 2 is 2.41 bits per heavy atom. The Balaban J connectivity index is 2.40. The second kappa shape index (κ2) is 6.97. The number of thiol groups is 2. The molecule has 2 atom stereocenters. The van der Waals surface area contributed by atoms with Crippen molar-refractivity contribution in [3.05, 3.63) is 0 Å². The lowest BCUT2D eigenvalue weighted by molar-refractivity contribution is -0.121. The topological polar surface area (TPSA) is 119 Å². The molecular formula is C8H16N4O3S2. The molecule has 0 saturated heterocycles. The normalized spacial score (nSPS) is 22.0. The highest BCUT2D eigenvalue weighted by Crippen LogP contribution is 2.02. The molecule has 1 aliphatic rings. The molecule has 17 heavy (non-hydrogen) atoms. The highest BCUT2D eigenvalue weighted by Gasteiger charge is 2.21. The number of nitrogens with one attached hydrogen (secondary N) is 2. The molecule has 1 rings (SSSR count). The standard InChI is InChI=1S/C8H16N4O3S2/c9-4(3-16)8(14)11-1-6-12-5(7(10)13)2-15-17-6/h4-5,12,16-17H,1-3,9H2,(H2,10,13)(H,11,14). The molecule has 0 aromatic rings. The first kappa shape index (κ1) is 14.5. The molecule has 1 aliphatic heterocycles. The van der Waals surface area contributed by atoms with Gasteiger partial charge >= 0.3 is 0 Å². The van der Waals surface area contributed by atoms with Gasteiger partial charge in [0.05, 0.1) is 24.2 Å². The van der Waals surface area contributed by atoms with E-state index in [1.165, 1.54) is 0 Å². The Hall–Kier alpha value is -0.610. The smallest absolute Gasteiger partial charge is 0.238 e. The zero-order chi connectivity index (χ0) is 12.8. The maximum atomic E-state index is 11.4. The van der Waals surface area contributed by atoms with Crippen LogP contribution in [0.25, 0.3) is 0 Å². The fraction of sp³-hybridized carbons (Fsp3) is 0.625. The Bertz CT molecular complexity index is 337. The van der Waals surface area contributed by atoms with Crippen LogP contribution in [-0.2, 0) is 13.8 Å². The molecule has 98 valence electrons. The molecule has 0 saturated carbocycles. The summed E-state index contributed by atoms with van der Waals surface area (Å²) < 4.78 is 5.15. The van der Waals surface area contributed by atoms with Gasteiger partial charge in [-0.25, -0.2) is 0 Å². The Morgan fingerprint density at radius 1 is 1.71 bits per heavy atom. The average Bonchev–Trinajstić information content (AvgIpc) is 2.35. The lowest BCUT2D eigenvalue weighted by Crippen LogP contribution is -2.52. The Kier molecular flexibility index (Phi) is 5.92. The van der Waals surface area contributed by atoms with Gasteiger partial charge in [0.15, 0.2) is 0 Å². The lowest BCUT2D eigenvalue weighted by atomic mass is 10.3. The van der Waals surface area contributed by atoms with Crippen molar-refractivity contribution >= 4 is 41.1 Å². The van der Waals surface area contributed by atoms with Gasteiger partial charge in [-0.05, 0) is 0 Å². The fourth-order valence-corrected chi connectivity index (χ4v) is 1.98. The van der Waals surface area contributed by atoms with Gasteiger partial charge in [0.25, 0.3) is 0 Å². The molecule has 2 unspecified atom stereocenters. The van der Waals surface area contributed by atoms with Crippen LogP contribution in [-0.4, -0.2) is 47.8 Å². The van der Waals surface area contributed by atoms with Crippen LogP contribution >= 0.6 is 24.3 Å². The fourth-order valence-electron chi connectivity index (χ4n) is 1.08. The summed E-state index contributed by atoms with van der Waals surface area (Å²) in [5.41, 5.74) is 10.6. The van der Waals surface area contributed by atoms with E-state index in [1.807, 2.05) is 0 Å². The summed E-state index contributed by atoms with van der Waals surface area (Å²) >= 11 is 4.50. The van der Waals surface area contributed by atoms with Crippen molar-refractivity contribution in [2.24, 2.45) is 11.5 Å². The van der Waals surface area contributed by atoms with Crippen LogP contribution in [0, 0.1) is 0 Å². The Morgan fingerprint density at radius 3 is 3.00 bits per heavy atom. The van der Waals surface area contributed by atoms with Crippen molar-refractivity contribution in [3.63, 3.8) is 0 Å². The molecule has 0 radical (unpaired) electrons. The zero-order valence-electron chi connectivity index (χ0n) is 9.05. The third-order valence-electron chi connectivity index (χ3n) is 2.06. The van der Waals surface area contributed by atoms with Gasteiger partial charge in [0.1, 0.15) is 6.04 Å². The molecule has 0 aromatic carbocycles. The van der Waals surface area contributed by atoms with E-state index in [4.69, 9.17) is 15.7 Å². The summed E-state index contributed by atoms with van der Waals surface area (Å²) in [6.07, 6.45) is 0. The minimum absolute atomic E-state index is 0.227. The summed E-state index contributed by atoms with van der Waals surface area (Å²) in [5, 5.41) is 5.51. The highest BCUT2D eigenvalue weighted by atomic mass is 32.2. The summed E-state index contributed by atoms with van der Waals surface area (Å²) in [7, 11) is 0. The number of nitrogens with two attached hydrogens (primary N) is 2. The van der Waals surface area contributed by atoms with Crippen LogP contribution < -0.4 is 22.1 Å². The predicted octanol–water partition coefficient (Wildman–Crippen LogP) is -2.66. The number of carbonyl (C=O) groups is 2. The quantitative estimate of drug-likeness (QED) is 0.243. The molecule has 1 heterocycles. The molecule has 0 bridgehead atoms. The largest absolute Gasteiger partial charge is 0.368 e. The maximum absolute atomic E-state index is 11.4. The van der Waals surface area contributed by atoms with Gasteiger partial charge in [0.2, 0.25) is 11.8 Å². The van der Waals surface area contributed by atoms with Gasteiger partial charge in [0, 0.05) is 5.75 Å². The number of rotatable bonds is 5. The maximum Gasteiger partial charge on any atom is 0.238 e. The minimum Gasteiger partial charge on any atom is -0.368 e. The molecule has 0 aromatic heterocycles. The predicted molar refractivity (Wildman–Crippen MR) is 70.9 cm³/mol. The van der Waals surface area contributed by atoms with Crippen molar-refractivity contribution in [1.29, 1.82) is 0 Å². The van der Waals surface area contributed by atoms with Crippen LogP contribution in [0.1, 0.15) is 0 Å². The van der Waals surface area contributed by atoms with Crippen LogP contribution in [0.4, 0.5) is 0 Å². The monoisotopic (exact) mass is 280 g/mol. The number of carbonyl (C=O) groups excluding carboxylic acids is 2. The van der Waals surface area contributed by atoms with Crippen LogP contribution in [0.2, 0.25) is 0 Å². The van der Waals surface area contributed by atoms with E-state index in [0.29, 0.717) is 16.6 Å². The summed E-state index contributed by atoms with van der Waals surface area (Å²) in [6.45, 7) is 0.468. The van der Waals surface area contributed by atoms with Gasteiger partial charge in [-0.1, -0.05) is 11.6 Å². The number of hydrogen-bond acceptors (Lipinski definition) is 6. The van der Waals surface area contributed by atoms with E-state index in [1.54, 1.807) is 0 Å². The second-order valence-electron chi connectivity index (χ2n) is 3.44. The van der Waals surface area contributed by atoms with E-state index in [0.717, 1.165) is 0 Å². The third-order valence-corrected chi connectivity index (χ3v) is 3.24. The van der Waals surface area contributed by atoms with Crippen molar-refractivity contribution < 1.29 is 13.8 Å². The van der Waals surface area contributed by atoms with E-state index in [-0.39, 0.29) is 24.8 Å². The molecule has 6 N–H and O–H groups in total. The van der Waals surface area contributed by atoms with Crippen molar-refractivity contribution in [1.82, 2.24) is 10.6 Å². The first-order valence-electron chi connectivity index (χ1n) is 4.93. The van der Waals surface area contributed by atoms with E-state index < -0.39 is 18.0 Å². The molecule has 0 aliphatic carbocycles. The minimum atomic E-state index is -0.646. The van der Waals surface area contributed by atoms with Gasteiger partial charge in [-0.2, -0.15) is 12.6 Å². The van der Waals surface area contributed by atoms with Crippen LogP contribution in [0.5, 0.6) is 0 Å². The average molecular weight is 280 g/mol. The first-order valence-corrected chi connectivity index (χ1v) is 6.38. The van der Waals surface area contributed by atoms with Crippen molar-refractivity contribution in [2.45, 2.75) is 12.1 Å². The molecule has 0 fully saturated rings. The molecule has 9 heteroatoms. The van der Waals surface area contributed by atoms with E-state index >= 15 is 0 Å². The lowest BCUT2D eigenvalue weighted by Gasteiger charge is -2.22. The number of amides is 2. The third kappa shape index (κ3) is 4.64. The van der Waals surface area contributed by atoms with Gasteiger partial charge < -0.3 is 21.0 Å². The van der Waals surface area contributed by atoms with Gasteiger partial charge in [-0.15, -0.1) is 0 Å². The van der Waals surface area contributed by atoms with E-state index in [9.17, 15) is 9.59 Å². The number of primary amides is 1. The molecule has 2 amide bonds. The summed E-state index contributed by atoms with van der Waals surface area (Å²) in [6, 6.07) is -1.20.